The third kappa shape index (κ3) is 3.83. The van der Waals surface area contributed by atoms with E-state index in [9.17, 15) is 0 Å². The van der Waals surface area contributed by atoms with Gasteiger partial charge in [-0.25, -0.2) is 15.0 Å². The van der Waals surface area contributed by atoms with E-state index in [0.717, 1.165) is 35.3 Å². The Morgan fingerprint density at radius 1 is 1.08 bits per heavy atom. The fourth-order valence-electron chi connectivity index (χ4n) is 3.07. The van der Waals surface area contributed by atoms with E-state index in [1.165, 1.54) is 18.4 Å². The predicted octanol–water partition coefficient (Wildman–Crippen LogP) is 5.31. The van der Waals surface area contributed by atoms with Gasteiger partial charge in [-0.05, 0) is 30.5 Å². The van der Waals surface area contributed by atoms with E-state index in [1.807, 2.05) is 36.7 Å². The highest BCUT2D eigenvalue weighted by Gasteiger charge is 2.17. The maximum absolute atomic E-state index is 4.79. The van der Waals surface area contributed by atoms with E-state index in [0.29, 0.717) is 0 Å². The summed E-state index contributed by atoms with van der Waals surface area (Å²) >= 11 is 1.73. The van der Waals surface area contributed by atoms with Crippen LogP contribution in [0.15, 0.2) is 59.0 Å². The molecule has 2 aromatic heterocycles. The van der Waals surface area contributed by atoms with Crippen LogP contribution < -0.4 is 4.90 Å². The zero-order valence-corrected chi connectivity index (χ0v) is 15.7. The number of rotatable bonds is 5. The number of aliphatic imine (C=N–C) groups is 1. The number of benzene rings is 1. The molecule has 3 aromatic rings. The Bertz CT molecular complexity index is 865. The number of thiazole rings is 1. The van der Waals surface area contributed by atoms with Crippen molar-refractivity contribution in [3.63, 3.8) is 0 Å². The molecule has 0 amide bonds. The molecule has 0 radical (unpaired) electrons. The number of hydrogen-bond donors (Lipinski definition) is 0. The van der Waals surface area contributed by atoms with Crippen LogP contribution in [0.4, 0.5) is 10.9 Å². The first kappa shape index (κ1) is 16.9. The molecule has 26 heavy (non-hydrogen) atoms. The van der Waals surface area contributed by atoms with E-state index in [-0.39, 0.29) is 5.92 Å². The van der Waals surface area contributed by atoms with Gasteiger partial charge in [0.15, 0.2) is 10.9 Å². The molecule has 4 rings (SSSR count). The van der Waals surface area contributed by atoms with Crippen molar-refractivity contribution in [1.82, 2.24) is 9.97 Å². The topological polar surface area (TPSA) is 41.4 Å². The van der Waals surface area contributed by atoms with E-state index < -0.39 is 0 Å². The molecule has 1 atom stereocenters. The van der Waals surface area contributed by atoms with Gasteiger partial charge in [0.1, 0.15) is 0 Å². The lowest BCUT2D eigenvalue weighted by Gasteiger charge is -2.12. The monoisotopic (exact) mass is 362 g/mol. The Morgan fingerprint density at radius 3 is 2.62 bits per heavy atom. The molecule has 1 unspecified atom stereocenters. The summed E-state index contributed by atoms with van der Waals surface area (Å²) in [7, 11) is 0. The fourth-order valence-corrected chi connectivity index (χ4v) is 4.05. The molecular formula is C21H22N4S. The summed E-state index contributed by atoms with van der Waals surface area (Å²) in [6.45, 7) is 4.39. The first-order valence-electron chi connectivity index (χ1n) is 9.05. The maximum Gasteiger partial charge on any atom is 0.185 e. The summed E-state index contributed by atoms with van der Waals surface area (Å²) in [5.41, 5.74) is 3.36. The largest absolute Gasteiger partial charge is 0.348 e. The lowest BCUT2D eigenvalue weighted by atomic mass is 10.1. The maximum atomic E-state index is 4.79. The molecule has 1 aromatic carbocycles. The van der Waals surface area contributed by atoms with Crippen LogP contribution in [0.3, 0.4) is 0 Å². The van der Waals surface area contributed by atoms with Gasteiger partial charge in [-0.1, -0.05) is 37.3 Å². The minimum atomic E-state index is 0.179. The van der Waals surface area contributed by atoms with Crippen molar-refractivity contribution in [1.29, 1.82) is 0 Å². The highest BCUT2D eigenvalue weighted by atomic mass is 32.1. The van der Waals surface area contributed by atoms with Gasteiger partial charge in [0.25, 0.3) is 0 Å². The van der Waals surface area contributed by atoms with Gasteiger partial charge in [0, 0.05) is 42.4 Å². The summed E-state index contributed by atoms with van der Waals surface area (Å²) in [4.78, 5) is 16.2. The van der Waals surface area contributed by atoms with Crippen molar-refractivity contribution >= 4 is 28.5 Å². The molecule has 3 heterocycles. The number of pyridine rings is 1. The van der Waals surface area contributed by atoms with Crippen molar-refractivity contribution in [3.05, 3.63) is 59.7 Å². The van der Waals surface area contributed by atoms with Gasteiger partial charge < -0.3 is 4.90 Å². The molecule has 1 aliphatic rings. The van der Waals surface area contributed by atoms with Gasteiger partial charge in [0.2, 0.25) is 0 Å². The lowest BCUT2D eigenvalue weighted by Crippen LogP contribution is -2.17. The third-order valence-corrected chi connectivity index (χ3v) is 5.56. The zero-order valence-electron chi connectivity index (χ0n) is 14.9. The SMILES string of the molecule is CC(C=Nc1ccc(-c2ccccc2)cn1)c1csc(N2CCCC2)n1. The van der Waals surface area contributed by atoms with Crippen LogP contribution in [-0.4, -0.2) is 29.3 Å². The zero-order chi connectivity index (χ0) is 17.8. The van der Waals surface area contributed by atoms with Crippen molar-refractivity contribution in [2.24, 2.45) is 4.99 Å². The van der Waals surface area contributed by atoms with Crippen LogP contribution >= 0.6 is 11.3 Å². The van der Waals surface area contributed by atoms with Gasteiger partial charge >= 0.3 is 0 Å². The van der Waals surface area contributed by atoms with E-state index in [2.05, 4.69) is 45.4 Å². The number of hydrogen-bond acceptors (Lipinski definition) is 5. The molecule has 5 heteroatoms. The highest BCUT2D eigenvalue weighted by Crippen LogP contribution is 2.27. The van der Waals surface area contributed by atoms with Crippen LogP contribution in [0.25, 0.3) is 11.1 Å². The molecule has 0 aliphatic carbocycles. The molecule has 0 N–H and O–H groups in total. The first-order chi connectivity index (χ1) is 12.8. The van der Waals surface area contributed by atoms with Gasteiger partial charge in [-0.2, -0.15) is 0 Å². The van der Waals surface area contributed by atoms with Crippen LogP contribution in [0, 0.1) is 0 Å². The standard InChI is InChI=1S/C21H22N4S/c1-16(19-15-26-21(24-19)25-11-5-6-12-25)13-22-20-10-9-18(14-23-20)17-7-3-2-4-8-17/h2-4,7-10,13-16H,5-6,11-12H2,1H3. The molecule has 0 saturated carbocycles. The third-order valence-electron chi connectivity index (χ3n) is 4.64. The molecule has 1 saturated heterocycles. The molecule has 1 fully saturated rings. The molecule has 4 nitrogen and oxygen atoms in total. The minimum Gasteiger partial charge on any atom is -0.348 e. The second kappa shape index (κ2) is 7.79. The average molecular weight is 363 g/mol. The van der Waals surface area contributed by atoms with Crippen molar-refractivity contribution in [2.75, 3.05) is 18.0 Å². The first-order valence-corrected chi connectivity index (χ1v) is 9.93. The van der Waals surface area contributed by atoms with Crippen LogP contribution in [0.5, 0.6) is 0 Å². The molecule has 1 aliphatic heterocycles. The molecule has 0 spiro atoms. The summed E-state index contributed by atoms with van der Waals surface area (Å²) in [6, 6.07) is 14.3. The second-order valence-electron chi connectivity index (χ2n) is 6.59. The summed E-state index contributed by atoms with van der Waals surface area (Å²) in [5, 5.41) is 3.29. The average Bonchev–Trinajstić information content (AvgIpc) is 3.39. The number of anilines is 1. The van der Waals surface area contributed by atoms with Crippen molar-refractivity contribution in [3.8, 4) is 11.1 Å². The van der Waals surface area contributed by atoms with Crippen molar-refractivity contribution in [2.45, 2.75) is 25.7 Å². The highest BCUT2D eigenvalue weighted by molar-refractivity contribution is 7.13. The fraction of sp³-hybridized carbons (Fsp3) is 0.286. The predicted molar refractivity (Wildman–Crippen MR) is 110 cm³/mol. The number of aromatic nitrogens is 2. The van der Waals surface area contributed by atoms with Gasteiger partial charge in [-0.15, -0.1) is 11.3 Å². The van der Waals surface area contributed by atoms with Gasteiger partial charge in [-0.3, -0.25) is 0 Å². The van der Waals surface area contributed by atoms with Crippen molar-refractivity contribution < 1.29 is 0 Å². The van der Waals surface area contributed by atoms with E-state index >= 15 is 0 Å². The van der Waals surface area contributed by atoms with E-state index in [4.69, 9.17) is 4.98 Å². The summed E-state index contributed by atoms with van der Waals surface area (Å²) < 4.78 is 0. The Morgan fingerprint density at radius 2 is 1.88 bits per heavy atom. The second-order valence-corrected chi connectivity index (χ2v) is 7.42. The quantitative estimate of drug-likeness (QED) is 0.578. The van der Waals surface area contributed by atoms with Gasteiger partial charge in [0.05, 0.1) is 5.69 Å². The van der Waals surface area contributed by atoms with Crippen LogP contribution in [0.2, 0.25) is 0 Å². The van der Waals surface area contributed by atoms with Crippen LogP contribution in [-0.2, 0) is 0 Å². The normalized spacial score (nSPS) is 15.7. The minimum absolute atomic E-state index is 0.179. The smallest absolute Gasteiger partial charge is 0.185 e. The summed E-state index contributed by atoms with van der Waals surface area (Å²) in [5.74, 6) is 0.907. The summed E-state index contributed by atoms with van der Waals surface area (Å²) in [6.07, 6.45) is 6.36. The Balaban J connectivity index is 1.42. The molecule has 0 bridgehead atoms. The Labute approximate surface area is 158 Å². The van der Waals surface area contributed by atoms with Crippen LogP contribution in [0.1, 0.15) is 31.4 Å². The molecule has 132 valence electrons. The molecular weight excluding hydrogens is 340 g/mol. The Hall–Kier alpha value is -2.53. The number of nitrogens with zero attached hydrogens (tertiary/aromatic N) is 4. The lowest BCUT2D eigenvalue weighted by molar-refractivity contribution is 0.925. The Kier molecular flexibility index (Phi) is 5.07. The van der Waals surface area contributed by atoms with E-state index in [1.54, 1.807) is 11.3 Å².